The third-order valence-corrected chi connectivity index (χ3v) is 5.33. The topological polar surface area (TPSA) is 81.2 Å². The molecule has 0 bridgehead atoms. The van der Waals surface area contributed by atoms with Gasteiger partial charge in [-0.2, -0.15) is 4.98 Å². The third kappa shape index (κ3) is 9.25. The predicted octanol–water partition coefficient (Wildman–Crippen LogP) is 7.28. The van der Waals surface area contributed by atoms with Gasteiger partial charge in [0.05, 0.1) is 13.2 Å². The molecule has 7 heteroatoms. The summed E-state index contributed by atoms with van der Waals surface area (Å²) in [6.07, 6.45) is 11.1. The molecule has 0 unspecified atom stereocenters. The van der Waals surface area contributed by atoms with E-state index in [2.05, 4.69) is 39.4 Å². The minimum atomic E-state index is 0.470. The van der Waals surface area contributed by atoms with Crippen LogP contribution in [0.25, 0.3) is 0 Å². The van der Waals surface area contributed by atoms with Gasteiger partial charge in [0.15, 0.2) is 0 Å². The van der Waals surface area contributed by atoms with Crippen LogP contribution in [-0.4, -0.2) is 28.2 Å². The summed E-state index contributed by atoms with van der Waals surface area (Å²) in [7, 11) is 0. The Morgan fingerprint density at radius 2 is 1.03 bits per heavy atom. The van der Waals surface area contributed by atoms with E-state index in [4.69, 9.17) is 9.47 Å². The molecular formula is C27H37N5O2. The summed E-state index contributed by atoms with van der Waals surface area (Å²) in [5.74, 6) is 2.68. The number of hydrogen-bond donors (Lipinski definition) is 2. The molecule has 0 aliphatic carbocycles. The van der Waals surface area contributed by atoms with E-state index in [9.17, 15) is 0 Å². The van der Waals surface area contributed by atoms with Crippen molar-refractivity contribution in [2.75, 3.05) is 23.8 Å². The van der Waals surface area contributed by atoms with Crippen LogP contribution in [0.3, 0.4) is 0 Å². The molecule has 2 aromatic carbocycles. The molecule has 0 saturated heterocycles. The minimum absolute atomic E-state index is 0.470. The summed E-state index contributed by atoms with van der Waals surface area (Å²) < 4.78 is 11.6. The summed E-state index contributed by atoms with van der Waals surface area (Å²) >= 11 is 0. The first-order chi connectivity index (χ1) is 16.8. The highest BCUT2D eigenvalue weighted by Crippen LogP contribution is 2.21. The highest BCUT2D eigenvalue weighted by atomic mass is 16.5. The fraction of sp³-hybridized carbons (Fsp3) is 0.444. The molecule has 1 aromatic heterocycles. The number of anilines is 4. The number of ether oxygens (including phenoxy) is 2. The highest BCUT2D eigenvalue weighted by Gasteiger charge is 2.04. The summed E-state index contributed by atoms with van der Waals surface area (Å²) in [6.45, 7) is 5.92. The van der Waals surface area contributed by atoms with Gasteiger partial charge in [0.2, 0.25) is 11.9 Å². The number of hydrogen-bond acceptors (Lipinski definition) is 7. The normalized spacial score (nSPS) is 10.6. The van der Waals surface area contributed by atoms with Crippen LogP contribution in [0.4, 0.5) is 23.3 Å². The van der Waals surface area contributed by atoms with E-state index in [1.165, 1.54) is 44.9 Å². The summed E-state index contributed by atoms with van der Waals surface area (Å²) in [4.78, 5) is 12.9. The van der Waals surface area contributed by atoms with E-state index in [1.54, 1.807) is 0 Å². The van der Waals surface area contributed by atoms with E-state index in [0.29, 0.717) is 11.9 Å². The Morgan fingerprint density at radius 1 is 0.588 bits per heavy atom. The number of unbranched alkanes of at least 4 members (excludes halogenated alkanes) is 6. The molecule has 2 N–H and O–H groups in total. The van der Waals surface area contributed by atoms with Crippen LogP contribution in [0.2, 0.25) is 0 Å². The molecule has 3 rings (SSSR count). The summed E-state index contributed by atoms with van der Waals surface area (Å²) in [5.41, 5.74) is 1.77. The Hall–Kier alpha value is -3.35. The van der Waals surface area contributed by atoms with E-state index in [1.807, 2.05) is 48.5 Å². The largest absolute Gasteiger partial charge is 0.494 e. The molecule has 0 radical (unpaired) electrons. The third-order valence-electron chi connectivity index (χ3n) is 5.33. The monoisotopic (exact) mass is 463 g/mol. The second-order valence-corrected chi connectivity index (χ2v) is 8.25. The first kappa shape index (κ1) is 25.3. The number of nitrogens with zero attached hydrogens (tertiary/aromatic N) is 3. The van der Waals surface area contributed by atoms with Gasteiger partial charge in [-0.25, -0.2) is 9.97 Å². The summed E-state index contributed by atoms with van der Waals surface area (Å²) in [6, 6.07) is 15.6. The Labute approximate surface area is 203 Å². The zero-order chi connectivity index (χ0) is 23.8. The van der Waals surface area contributed by atoms with Gasteiger partial charge in [-0.3, -0.25) is 0 Å². The second-order valence-electron chi connectivity index (χ2n) is 8.25. The van der Waals surface area contributed by atoms with Crippen molar-refractivity contribution in [1.29, 1.82) is 0 Å². The first-order valence-electron chi connectivity index (χ1n) is 12.5. The molecule has 0 spiro atoms. The maximum absolute atomic E-state index is 5.80. The smallest absolute Gasteiger partial charge is 0.232 e. The predicted molar refractivity (Wildman–Crippen MR) is 139 cm³/mol. The quantitative estimate of drug-likeness (QED) is 0.216. The van der Waals surface area contributed by atoms with Gasteiger partial charge in [-0.1, -0.05) is 52.4 Å². The van der Waals surface area contributed by atoms with Crippen LogP contribution in [0.15, 0.2) is 54.9 Å². The van der Waals surface area contributed by atoms with Crippen molar-refractivity contribution in [3.05, 3.63) is 54.9 Å². The van der Waals surface area contributed by atoms with E-state index < -0.39 is 0 Å². The SMILES string of the molecule is CCCCCCOc1ccc(Nc2ncnc(Nc3ccc(OCCCCCC)cc3)n2)cc1. The fourth-order valence-corrected chi connectivity index (χ4v) is 3.38. The van der Waals surface area contributed by atoms with Gasteiger partial charge >= 0.3 is 0 Å². The minimum Gasteiger partial charge on any atom is -0.494 e. The lowest BCUT2D eigenvalue weighted by Gasteiger charge is -2.10. The molecule has 7 nitrogen and oxygen atoms in total. The Kier molecular flexibility index (Phi) is 10.9. The van der Waals surface area contributed by atoms with Gasteiger partial charge in [-0.05, 0) is 61.4 Å². The standard InChI is InChI=1S/C27H37N5O2/c1-3-5-7-9-19-33-24-15-11-22(12-16-24)30-26-28-21-29-27(32-26)31-23-13-17-25(18-14-23)34-20-10-8-6-4-2/h11-18,21H,3-10,19-20H2,1-2H3,(H2,28,29,30,31,32). The molecule has 0 atom stereocenters. The maximum atomic E-state index is 5.80. The number of aromatic nitrogens is 3. The first-order valence-corrected chi connectivity index (χ1v) is 12.5. The van der Waals surface area contributed by atoms with Crippen molar-refractivity contribution in [2.24, 2.45) is 0 Å². The van der Waals surface area contributed by atoms with Crippen LogP contribution < -0.4 is 20.1 Å². The Balaban J connectivity index is 1.46. The second kappa shape index (κ2) is 14.7. The maximum Gasteiger partial charge on any atom is 0.232 e. The van der Waals surface area contributed by atoms with Gasteiger partial charge in [0.1, 0.15) is 17.8 Å². The van der Waals surface area contributed by atoms with Gasteiger partial charge in [-0.15, -0.1) is 0 Å². The lowest BCUT2D eigenvalue weighted by Crippen LogP contribution is -2.03. The van der Waals surface area contributed by atoms with E-state index in [0.717, 1.165) is 48.9 Å². The average molecular weight is 464 g/mol. The summed E-state index contributed by atoms with van der Waals surface area (Å²) in [5, 5.41) is 6.42. The van der Waals surface area contributed by atoms with Crippen molar-refractivity contribution in [1.82, 2.24) is 15.0 Å². The Morgan fingerprint density at radius 3 is 1.44 bits per heavy atom. The zero-order valence-corrected chi connectivity index (χ0v) is 20.4. The van der Waals surface area contributed by atoms with Crippen LogP contribution in [-0.2, 0) is 0 Å². The molecule has 0 aliphatic rings. The molecule has 0 fully saturated rings. The van der Waals surface area contributed by atoms with Gasteiger partial charge in [0, 0.05) is 11.4 Å². The molecule has 3 aromatic rings. The average Bonchev–Trinajstić information content (AvgIpc) is 2.86. The zero-order valence-electron chi connectivity index (χ0n) is 20.4. The van der Waals surface area contributed by atoms with Crippen LogP contribution >= 0.6 is 0 Å². The highest BCUT2D eigenvalue weighted by molar-refractivity contribution is 5.58. The van der Waals surface area contributed by atoms with Crippen LogP contribution in [0.1, 0.15) is 65.2 Å². The van der Waals surface area contributed by atoms with Crippen molar-refractivity contribution in [2.45, 2.75) is 65.2 Å². The van der Waals surface area contributed by atoms with Crippen molar-refractivity contribution in [3.8, 4) is 11.5 Å². The molecule has 1 heterocycles. The van der Waals surface area contributed by atoms with E-state index in [-0.39, 0.29) is 0 Å². The molecule has 0 aliphatic heterocycles. The molecular weight excluding hydrogens is 426 g/mol. The van der Waals surface area contributed by atoms with Crippen LogP contribution in [0, 0.1) is 0 Å². The van der Waals surface area contributed by atoms with Crippen LogP contribution in [0.5, 0.6) is 11.5 Å². The fourth-order valence-electron chi connectivity index (χ4n) is 3.38. The van der Waals surface area contributed by atoms with E-state index >= 15 is 0 Å². The van der Waals surface area contributed by atoms with Crippen molar-refractivity contribution >= 4 is 23.3 Å². The lowest BCUT2D eigenvalue weighted by atomic mass is 10.2. The lowest BCUT2D eigenvalue weighted by molar-refractivity contribution is 0.305. The van der Waals surface area contributed by atoms with Crippen molar-refractivity contribution < 1.29 is 9.47 Å². The molecule has 182 valence electrons. The van der Waals surface area contributed by atoms with Crippen molar-refractivity contribution in [3.63, 3.8) is 0 Å². The van der Waals surface area contributed by atoms with Gasteiger partial charge in [0.25, 0.3) is 0 Å². The molecule has 34 heavy (non-hydrogen) atoms. The molecule has 0 saturated carbocycles. The number of nitrogens with one attached hydrogen (secondary N) is 2. The van der Waals surface area contributed by atoms with Gasteiger partial charge < -0.3 is 20.1 Å². The number of benzene rings is 2. The molecule has 0 amide bonds. The Bertz CT molecular complexity index is 873. The number of rotatable bonds is 16.